The van der Waals surface area contributed by atoms with Crippen molar-refractivity contribution >= 4 is 17.5 Å². The van der Waals surface area contributed by atoms with E-state index in [9.17, 15) is 9.59 Å². The van der Waals surface area contributed by atoms with Crippen LogP contribution >= 0.6 is 0 Å². The van der Waals surface area contributed by atoms with Crippen molar-refractivity contribution in [1.82, 2.24) is 4.90 Å². The highest BCUT2D eigenvalue weighted by molar-refractivity contribution is 6.13. The van der Waals surface area contributed by atoms with Gasteiger partial charge in [-0.05, 0) is 12.8 Å². The second kappa shape index (κ2) is 7.41. The summed E-state index contributed by atoms with van der Waals surface area (Å²) in [6.45, 7) is 2.07. The van der Waals surface area contributed by atoms with Crippen LogP contribution < -0.4 is 19.5 Å². The van der Waals surface area contributed by atoms with E-state index in [1.165, 1.54) is 21.3 Å². The zero-order valence-electron chi connectivity index (χ0n) is 15.3. The molecule has 1 saturated heterocycles. The van der Waals surface area contributed by atoms with Gasteiger partial charge in [-0.3, -0.25) is 9.59 Å². The number of nitrogens with zero attached hydrogens (tertiary/aromatic N) is 1. The maximum absolute atomic E-state index is 12.8. The molecule has 2 fully saturated rings. The first-order valence-corrected chi connectivity index (χ1v) is 8.54. The van der Waals surface area contributed by atoms with Crippen molar-refractivity contribution in [2.45, 2.75) is 12.8 Å². The van der Waals surface area contributed by atoms with Gasteiger partial charge < -0.3 is 29.2 Å². The van der Waals surface area contributed by atoms with Crippen molar-refractivity contribution in [3.8, 4) is 17.2 Å². The van der Waals surface area contributed by atoms with Crippen LogP contribution in [0, 0.1) is 5.41 Å². The Balaban J connectivity index is 1.78. The number of ether oxygens (including phenoxy) is 4. The summed E-state index contributed by atoms with van der Waals surface area (Å²) in [6.07, 6.45) is 1.11. The molecular weight excluding hydrogens is 340 g/mol. The Morgan fingerprint density at radius 2 is 1.62 bits per heavy atom. The summed E-state index contributed by atoms with van der Waals surface area (Å²) in [5, 5.41) is 2.83. The molecule has 1 aromatic rings. The maximum atomic E-state index is 12.8. The fourth-order valence-corrected chi connectivity index (χ4v) is 3.14. The molecule has 142 valence electrons. The molecule has 8 heteroatoms. The Bertz CT molecular complexity index is 670. The lowest BCUT2D eigenvalue weighted by molar-refractivity contribution is -0.145. The molecule has 1 N–H and O–H groups in total. The molecule has 2 amide bonds. The number of methoxy groups -OCH3 is 3. The molecule has 8 nitrogen and oxygen atoms in total. The number of rotatable bonds is 6. The van der Waals surface area contributed by atoms with Gasteiger partial charge in [0.1, 0.15) is 5.41 Å². The number of hydrogen-bond acceptors (Lipinski definition) is 6. The molecule has 1 aliphatic carbocycles. The van der Waals surface area contributed by atoms with Gasteiger partial charge in [0.25, 0.3) is 0 Å². The van der Waals surface area contributed by atoms with Gasteiger partial charge >= 0.3 is 0 Å². The third kappa shape index (κ3) is 3.29. The quantitative estimate of drug-likeness (QED) is 0.766. The van der Waals surface area contributed by atoms with Crippen LogP contribution in [-0.2, 0) is 14.3 Å². The zero-order valence-corrected chi connectivity index (χ0v) is 15.3. The van der Waals surface area contributed by atoms with Gasteiger partial charge in [0.05, 0.1) is 34.5 Å². The van der Waals surface area contributed by atoms with Crippen LogP contribution in [0.4, 0.5) is 5.69 Å². The first-order valence-electron chi connectivity index (χ1n) is 8.54. The minimum absolute atomic E-state index is 0.120. The summed E-state index contributed by atoms with van der Waals surface area (Å²) in [5.41, 5.74) is -0.483. The predicted molar refractivity (Wildman–Crippen MR) is 93.8 cm³/mol. The normalized spacial score (nSPS) is 18.0. The van der Waals surface area contributed by atoms with E-state index in [1.807, 2.05) is 0 Å². The second-order valence-electron chi connectivity index (χ2n) is 6.35. The standard InChI is InChI=1S/C18H24N2O6/c1-23-13-10-12(11-14(24-2)15(13)25-3)19-16(21)18(4-5-18)17(22)20-6-8-26-9-7-20/h10-11H,4-9H2,1-3H3,(H,19,21). The summed E-state index contributed by atoms with van der Waals surface area (Å²) in [7, 11) is 4.53. The number of anilines is 1. The van der Waals surface area contributed by atoms with E-state index < -0.39 is 5.41 Å². The Morgan fingerprint density at radius 1 is 1.04 bits per heavy atom. The Hall–Kier alpha value is -2.48. The number of amides is 2. The Labute approximate surface area is 152 Å². The minimum Gasteiger partial charge on any atom is -0.493 e. The first kappa shape index (κ1) is 18.3. The van der Waals surface area contributed by atoms with Crippen LogP contribution in [0.25, 0.3) is 0 Å². The molecule has 0 atom stereocenters. The number of morpholine rings is 1. The number of carbonyl (C=O) groups is 2. The van der Waals surface area contributed by atoms with E-state index in [-0.39, 0.29) is 11.8 Å². The largest absolute Gasteiger partial charge is 0.493 e. The molecular formula is C18H24N2O6. The molecule has 26 heavy (non-hydrogen) atoms. The number of carbonyl (C=O) groups excluding carboxylic acids is 2. The summed E-state index contributed by atoms with van der Waals surface area (Å²) in [4.78, 5) is 27.3. The lowest BCUT2D eigenvalue weighted by Crippen LogP contribution is -2.47. The van der Waals surface area contributed by atoms with Crippen LogP contribution in [0.1, 0.15) is 12.8 Å². The van der Waals surface area contributed by atoms with Gasteiger partial charge in [-0.25, -0.2) is 0 Å². The van der Waals surface area contributed by atoms with E-state index in [1.54, 1.807) is 17.0 Å². The highest BCUT2D eigenvalue weighted by Gasteiger charge is 2.58. The fourth-order valence-electron chi connectivity index (χ4n) is 3.14. The van der Waals surface area contributed by atoms with Crippen molar-refractivity contribution in [2.75, 3.05) is 52.9 Å². The molecule has 3 rings (SSSR count). The molecule has 0 aromatic heterocycles. The average Bonchev–Trinajstić information content (AvgIpc) is 3.49. The zero-order chi connectivity index (χ0) is 18.7. The first-order chi connectivity index (χ1) is 12.6. The molecule has 1 aromatic carbocycles. The van der Waals surface area contributed by atoms with Crippen LogP contribution in [0.3, 0.4) is 0 Å². The smallest absolute Gasteiger partial charge is 0.240 e. The molecule has 0 radical (unpaired) electrons. The van der Waals surface area contributed by atoms with E-state index in [0.717, 1.165) is 0 Å². The van der Waals surface area contributed by atoms with Gasteiger partial charge in [-0.2, -0.15) is 0 Å². The van der Waals surface area contributed by atoms with Crippen molar-refractivity contribution in [2.24, 2.45) is 5.41 Å². The molecule has 0 spiro atoms. The van der Waals surface area contributed by atoms with E-state index in [0.29, 0.717) is 62.1 Å². The average molecular weight is 364 g/mol. The van der Waals surface area contributed by atoms with Gasteiger partial charge in [-0.15, -0.1) is 0 Å². The van der Waals surface area contributed by atoms with Crippen LogP contribution in [0.15, 0.2) is 12.1 Å². The summed E-state index contributed by atoms with van der Waals surface area (Å²) < 4.78 is 21.2. The second-order valence-corrected chi connectivity index (χ2v) is 6.35. The summed E-state index contributed by atoms with van der Waals surface area (Å²) in [5.74, 6) is 0.894. The van der Waals surface area contributed by atoms with Gasteiger partial charge in [-0.1, -0.05) is 0 Å². The molecule has 0 bridgehead atoms. The highest BCUT2D eigenvalue weighted by Crippen LogP contribution is 2.49. The van der Waals surface area contributed by atoms with Gasteiger partial charge in [0.2, 0.25) is 17.6 Å². The predicted octanol–water partition coefficient (Wildman–Crippen LogP) is 1.29. The van der Waals surface area contributed by atoms with E-state index in [2.05, 4.69) is 5.32 Å². The molecule has 2 aliphatic rings. The van der Waals surface area contributed by atoms with Crippen LogP contribution in [0.5, 0.6) is 17.2 Å². The Morgan fingerprint density at radius 3 is 2.08 bits per heavy atom. The van der Waals surface area contributed by atoms with E-state index >= 15 is 0 Å². The van der Waals surface area contributed by atoms with Gasteiger partial charge in [0.15, 0.2) is 11.5 Å². The topological polar surface area (TPSA) is 86.3 Å². The number of nitrogens with one attached hydrogen (secondary N) is 1. The molecule has 1 saturated carbocycles. The lowest BCUT2D eigenvalue weighted by Gasteiger charge is -2.30. The van der Waals surface area contributed by atoms with Gasteiger partial charge in [0, 0.05) is 30.9 Å². The molecule has 0 unspecified atom stereocenters. The van der Waals surface area contributed by atoms with Crippen molar-refractivity contribution < 1.29 is 28.5 Å². The number of hydrogen-bond donors (Lipinski definition) is 1. The summed E-state index contributed by atoms with van der Waals surface area (Å²) in [6, 6.07) is 3.29. The van der Waals surface area contributed by atoms with Crippen molar-refractivity contribution in [1.29, 1.82) is 0 Å². The maximum Gasteiger partial charge on any atom is 0.240 e. The Kier molecular flexibility index (Phi) is 5.22. The molecule has 1 heterocycles. The van der Waals surface area contributed by atoms with Crippen LogP contribution in [-0.4, -0.2) is 64.3 Å². The number of benzene rings is 1. The third-order valence-corrected chi connectivity index (χ3v) is 4.81. The van der Waals surface area contributed by atoms with Crippen LogP contribution in [0.2, 0.25) is 0 Å². The highest BCUT2D eigenvalue weighted by atomic mass is 16.5. The van der Waals surface area contributed by atoms with Crippen molar-refractivity contribution in [3.63, 3.8) is 0 Å². The minimum atomic E-state index is -0.974. The summed E-state index contributed by atoms with van der Waals surface area (Å²) >= 11 is 0. The van der Waals surface area contributed by atoms with E-state index in [4.69, 9.17) is 18.9 Å². The fraction of sp³-hybridized carbons (Fsp3) is 0.556. The SMILES string of the molecule is COc1cc(NC(=O)C2(C(=O)N3CCOCC3)CC2)cc(OC)c1OC. The molecule has 1 aliphatic heterocycles. The lowest BCUT2D eigenvalue weighted by atomic mass is 10.0. The third-order valence-electron chi connectivity index (χ3n) is 4.81. The monoisotopic (exact) mass is 364 g/mol. The van der Waals surface area contributed by atoms with Crippen molar-refractivity contribution in [3.05, 3.63) is 12.1 Å².